The summed E-state index contributed by atoms with van der Waals surface area (Å²) in [5.74, 6) is -1.68. The molecule has 3 rings (SSSR count). The third-order valence-electron chi connectivity index (χ3n) is 8.88. The van der Waals surface area contributed by atoms with Gasteiger partial charge in [-0.1, -0.05) is 56.3 Å². The number of aldehydes is 1. The molecule has 0 radical (unpaired) electrons. The van der Waals surface area contributed by atoms with Gasteiger partial charge in [0.15, 0.2) is 0 Å². The summed E-state index contributed by atoms with van der Waals surface area (Å²) in [5.41, 5.74) is 0.920. The normalized spacial score (nSPS) is 17.9. The maximum absolute atomic E-state index is 13.4. The van der Waals surface area contributed by atoms with E-state index in [2.05, 4.69) is 35.1 Å². The quantitative estimate of drug-likeness (QED) is 0.0950. The van der Waals surface area contributed by atoms with Gasteiger partial charge in [-0.3, -0.25) is 14.4 Å². The SMILES string of the molecule is CC(C)C[C@H]1CC[C@H](C(=O)N[C@@H](Cc2ccc3ccccc3c2)C(=O)NCCCC[C@H](NC(=O)N[C@H](C=O)CCC(=O)O)C(=O)O)CC1. The molecule has 2 aromatic rings. The number of carboxylic acid groups (broad SMARTS) is 2. The highest BCUT2D eigenvalue weighted by Crippen LogP contribution is 2.33. The third-order valence-corrected chi connectivity index (χ3v) is 8.88. The van der Waals surface area contributed by atoms with Gasteiger partial charge in [-0.05, 0) is 86.0 Å². The molecular weight excluding hydrogens is 616 g/mol. The van der Waals surface area contributed by atoms with Crippen LogP contribution in [0.3, 0.4) is 0 Å². The number of benzene rings is 2. The first-order valence-corrected chi connectivity index (χ1v) is 17.0. The van der Waals surface area contributed by atoms with Gasteiger partial charge < -0.3 is 36.3 Å². The fourth-order valence-corrected chi connectivity index (χ4v) is 6.31. The fraction of sp³-hybridized carbons (Fsp3) is 0.556. The Labute approximate surface area is 281 Å². The molecule has 48 heavy (non-hydrogen) atoms. The predicted molar refractivity (Wildman–Crippen MR) is 181 cm³/mol. The van der Waals surface area contributed by atoms with Gasteiger partial charge in [-0.15, -0.1) is 0 Å². The van der Waals surface area contributed by atoms with Crippen molar-refractivity contribution in [1.82, 2.24) is 21.3 Å². The number of fused-ring (bicyclic) bond motifs is 1. The summed E-state index contributed by atoms with van der Waals surface area (Å²) in [6.45, 7) is 4.67. The maximum atomic E-state index is 13.4. The van der Waals surface area contributed by atoms with Crippen LogP contribution in [0.25, 0.3) is 10.8 Å². The molecule has 12 heteroatoms. The molecule has 0 heterocycles. The van der Waals surface area contributed by atoms with Gasteiger partial charge in [-0.25, -0.2) is 9.59 Å². The standard InChI is InChI=1S/C36H50N4O8/c1-23(2)19-24-10-14-27(15-11-24)33(44)39-31(21-25-12-13-26-7-3-4-8-28(26)20-25)34(45)37-18-6-5-9-30(35(46)47)40-36(48)38-29(22-41)16-17-32(42)43/h3-4,7-8,12-13,20,22-24,27,29-31H,5-6,9-11,14-19,21H2,1-2H3,(H,37,45)(H,39,44)(H,42,43)(H,46,47)(H2,38,40,48)/t24-,27-,29-,30-,31-/m0/s1. The lowest BCUT2D eigenvalue weighted by molar-refractivity contribution is -0.139. The molecular formula is C36H50N4O8. The molecule has 2 aromatic carbocycles. The van der Waals surface area contributed by atoms with E-state index < -0.39 is 36.1 Å². The lowest BCUT2D eigenvalue weighted by atomic mass is 9.78. The monoisotopic (exact) mass is 666 g/mol. The van der Waals surface area contributed by atoms with Gasteiger partial charge in [0.25, 0.3) is 0 Å². The lowest BCUT2D eigenvalue weighted by Crippen LogP contribution is -2.50. The highest BCUT2D eigenvalue weighted by Gasteiger charge is 2.30. The Hall–Kier alpha value is -4.48. The number of carbonyl (C=O) groups is 6. The van der Waals surface area contributed by atoms with Crippen LogP contribution in [-0.4, -0.2) is 71.0 Å². The van der Waals surface area contributed by atoms with Gasteiger partial charge in [-0.2, -0.15) is 0 Å². The van der Waals surface area contributed by atoms with Crippen LogP contribution < -0.4 is 21.3 Å². The topological polar surface area (TPSA) is 191 Å². The van der Waals surface area contributed by atoms with Crippen molar-refractivity contribution in [3.05, 3.63) is 48.0 Å². The van der Waals surface area contributed by atoms with E-state index in [4.69, 9.17) is 5.11 Å². The van der Waals surface area contributed by atoms with Crippen LogP contribution in [0.4, 0.5) is 4.79 Å². The van der Waals surface area contributed by atoms with Crippen LogP contribution in [0, 0.1) is 17.8 Å². The summed E-state index contributed by atoms with van der Waals surface area (Å²) in [7, 11) is 0. The Morgan fingerprint density at radius 3 is 2.21 bits per heavy atom. The fourth-order valence-electron chi connectivity index (χ4n) is 6.31. The third kappa shape index (κ3) is 13.0. The second-order valence-corrected chi connectivity index (χ2v) is 13.3. The van der Waals surface area contributed by atoms with E-state index in [1.807, 2.05) is 42.5 Å². The van der Waals surface area contributed by atoms with E-state index in [0.717, 1.165) is 48.4 Å². The molecule has 3 atom stereocenters. The summed E-state index contributed by atoms with van der Waals surface area (Å²) >= 11 is 0. The van der Waals surface area contributed by atoms with Crippen molar-refractivity contribution in [2.75, 3.05) is 6.54 Å². The molecule has 0 unspecified atom stereocenters. The first-order valence-electron chi connectivity index (χ1n) is 17.0. The number of nitrogens with one attached hydrogen (secondary N) is 4. The summed E-state index contributed by atoms with van der Waals surface area (Å²) in [4.78, 5) is 72.6. The zero-order valence-electron chi connectivity index (χ0n) is 27.9. The Morgan fingerprint density at radius 1 is 0.854 bits per heavy atom. The molecule has 0 saturated heterocycles. The summed E-state index contributed by atoms with van der Waals surface area (Å²) in [6, 6.07) is 9.95. The van der Waals surface area contributed by atoms with Crippen LogP contribution in [0.5, 0.6) is 0 Å². The number of unbranched alkanes of at least 4 members (excludes halogenated alkanes) is 1. The minimum Gasteiger partial charge on any atom is -0.481 e. The molecule has 1 fully saturated rings. The second kappa shape index (κ2) is 19.4. The van der Waals surface area contributed by atoms with Crippen molar-refractivity contribution in [3.8, 4) is 0 Å². The highest BCUT2D eigenvalue weighted by atomic mass is 16.4. The molecule has 12 nitrogen and oxygen atoms in total. The number of rotatable bonds is 19. The van der Waals surface area contributed by atoms with Gasteiger partial charge >= 0.3 is 18.0 Å². The van der Waals surface area contributed by atoms with Crippen molar-refractivity contribution in [3.63, 3.8) is 0 Å². The Balaban J connectivity index is 1.54. The van der Waals surface area contributed by atoms with Crippen molar-refractivity contribution in [2.45, 2.75) is 103 Å². The number of amides is 4. The smallest absolute Gasteiger partial charge is 0.326 e. The number of hydrogen-bond donors (Lipinski definition) is 6. The van der Waals surface area contributed by atoms with E-state index in [1.54, 1.807) is 0 Å². The number of hydrogen-bond acceptors (Lipinski definition) is 6. The zero-order valence-corrected chi connectivity index (χ0v) is 27.9. The minimum absolute atomic E-state index is 0.0657. The number of aliphatic carboxylic acids is 2. The first kappa shape index (κ1) is 38.0. The van der Waals surface area contributed by atoms with E-state index in [1.165, 1.54) is 0 Å². The number of carbonyl (C=O) groups excluding carboxylic acids is 4. The molecule has 0 bridgehead atoms. The highest BCUT2D eigenvalue weighted by molar-refractivity contribution is 5.89. The minimum atomic E-state index is -1.27. The average Bonchev–Trinajstić information content (AvgIpc) is 3.05. The van der Waals surface area contributed by atoms with Crippen LogP contribution in [-0.2, 0) is 30.4 Å². The first-order chi connectivity index (χ1) is 22.9. The molecule has 0 spiro atoms. The predicted octanol–water partition coefficient (Wildman–Crippen LogP) is 4.19. The summed E-state index contributed by atoms with van der Waals surface area (Å²) in [6.07, 6.45) is 5.90. The van der Waals surface area contributed by atoms with Crippen molar-refractivity contribution in [1.29, 1.82) is 0 Å². The van der Waals surface area contributed by atoms with Crippen LogP contribution in [0.15, 0.2) is 42.5 Å². The maximum Gasteiger partial charge on any atom is 0.326 e. The average molecular weight is 667 g/mol. The van der Waals surface area contributed by atoms with E-state index in [9.17, 15) is 33.9 Å². The van der Waals surface area contributed by atoms with Gasteiger partial charge in [0.2, 0.25) is 11.8 Å². The lowest BCUT2D eigenvalue weighted by Gasteiger charge is -2.30. The number of carboxylic acids is 2. The van der Waals surface area contributed by atoms with Crippen molar-refractivity contribution in [2.24, 2.45) is 17.8 Å². The molecule has 1 aliphatic rings. The van der Waals surface area contributed by atoms with Crippen molar-refractivity contribution >= 4 is 46.8 Å². The largest absolute Gasteiger partial charge is 0.481 e. The van der Waals surface area contributed by atoms with Gasteiger partial charge in [0.05, 0.1) is 6.04 Å². The van der Waals surface area contributed by atoms with Crippen LogP contribution in [0.2, 0.25) is 0 Å². The van der Waals surface area contributed by atoms with E-state index >= 15 is 0 Å². The summed E-state index contributed by atoms with van der Waals surface area (Å²) < 4.78 is 0. The summed E-state index contributed by atoms with van der Waals surface area (Å²) in [5, 5.41) is 31.0. The molecule has 262 valence electrons. The Kier molecular flexibility index (Phi) is 15.3. The van der Waals surface area contributed by atoms with Gasteiger partial charge in [0, 0.05) is 25.3 Å². The zero-order chi connectivity index (χ0) is 35.1. The molecule has 0 aliphatic heterocycles. The molecule has 6 N–H and O–H groups in total. The molecule has 1 aliphatic carbocycles. The van der Waals surface area contributed by atoms with E-state index in [0.29, 0.717) is 37.4 Å². The van der Waals surface area contributed by atoms with Crippen molar-refractivity contribution < 1.29 is 39.0 Å². The molecule has 4 amide bonds. The van der Waals surface area contributed by atoms with Crippen LogP contribution >= 0.6 is 0 Å². The van der Waals surface area contributed by atoms with E-state index in [-0.39, 0.29) is 43.5 Å². The Morgan fingerprint density at radius 2 is 1.56 bits per heavy atom. The number of urea groups is 1. The Bertz CT molecular complexity index is 1410. The van der Waals surface area contributed by atoms with Crippen LogP contribution in [0.1, 0.15) is 83.6 Å². The van der Waals surface area contributed by atoms with Gasteiger partial charge in [0.1, 0.15) is 18.4 Å². The second-order valence-electron chi connectivity index (χ2n) is 13.3. The molecule has 0 aromatic heterocycles. The molecule has 1 saturated carbocycles.